The highest BCUT2D eigenvalue weighted by molar-refractivity contribution is 6.35. The number of hydrogen-bond acceptors (Lipinski definition) is 8. The van der Waals surface area contributed by atoms with Crippen molar-refractivity contribution >= 4 is 40.5 Å². The zero-order chi connectivity index (χ0) is 27.8. The smallest absolute Gasteiger partial charge is 0.161 e. The summed E-state index contributed by atoms with van der Waals surface area (Å²) in [5.41, 5.74) is 0.812. The topological polar surface area (TPSA) is 112 Å². The van der Waals surface area contributed by atoms with Crippen LogP contribution in [0.25, 0.3) is 0 Å². The molecule has 3 atom stereocenters. The Balaban J connectivity index is 0.00000195. The summed E-state index contributed by atoms with van der Waals surface area (Å²) in [5, 5.41) is 31.1. The van der Waals surface area contributed by atoms with Gasteiger partial charge in [-0.1, -0.05) is 43.1 Å². The molecule has 206 valence electrons. The molecule has 3 unspecified atom stereocenters. The molecule has 3 N–H and O–H groups in total. The minimum Gasteiger partial charge on any atom is -0.396 e. The molecule has 38 heavy (non-hydrogen) atoms. The Kier molecular flexibility index (Phi) is 11.2. The Morgan fingerprint density at radius 3 is 2.63 bits per heavy atom. The SMILES string of the molecule is CC.CC(Nc1nc(N2CC(C3CCCN(C(C)CCO)C3)C2)cnc1C(=N)C#N)c1ccc(Cl)cc1Cl. The van der Waals surface area contributed by atoms with E-state index < -0.39 is 0 Å². The fourth-order valence-electron chi connectivity index (χ4n) is 5.20. The van der Waals surface area contributed by atoms with Crippen LogP contribution in [0, 0.1) is 28.6 Å². The van der Waals surface area contributed by atoms with Gasteiger partial charge in [0, 0.05) is 42.3 Å². The Morgan fingerprint density at radius 1 is 1.24 bits per heavy atom. The van der Waals surface area contributed by atoms with Gasteiger partial charge in [0.15, 0.2) is 11.5 Å². The minimum absolute atomic E-state index is 0.219. The van der Waals surface area contributed by atoms with Crippen molar-refractivity contribution < 1.29 is 5.11 Å². The summed E-state index contributed by atoms with van der Waals surface area (Å²) in [4.78, 5) is 13.9. The monoisotopic (exact) mass is 559 g/mol. The van der Waals surface area contributed by atoms with E-state index >= 15 is 0 Å². The number of piperidine rings is 1. The standard InChI is InChI=1S/C26H33Cl2N7O.C2H6/c1-16(7-9-36)34-8-3-4-18(13-34)19-14-35(15-19)24-12-31-25(23(30)11-29)26(33-24)32-17(2)21-6-5-20(27)10-22(21)28;1-2/h5-6,10,12,16-19,30,36H,3-4,7-9,13-15H2,1-2H3,(H,32,33);1-2H3. The van der Waals surface area contributed by atoms with Gasteiger partial charge in [0.1, 0.15) is 17.6 Å². The Morgan fingerprint density at radius 2 is 1.97 bits per heavy atom. The lowest BCUT2D eigenvalue weighted by molar-refractivity contribution is 0.0791. The van der Waals surface area contributed by atoms with Crippen molar-refractivity contribution in [3.63, 3.8) is 0 Å². The molecule has 2 fully saturated rings. The van der Waals surface area contributed by atoms with E-state index in [9.17, 15) is 10.4 Å². The van der Waals surface area contributed by atoms with Gasteiger partial charge < -0.3 is 20.2 Å². The average Bonchev–Trinajstić information content (AvgIpc) is 2.89. The third-order valence-corrected chi connectivity index (χ3v) is 8.01. The van der Waals surface area contributed by atoms with Gasteiger partial charge in [0.25, 0.3) is 0 Å². The van der Waals surface area contributed by atoms with Crippen LogP contribution in [0.3, 0.4) is 0 Å². The summed E-state index contributed by atoms with van der Waals surface area (Å²) >= 11 is 12.4. The van der Waals surface area contributed by atoms with E-state index in [2.05, 4.69) is 27.0 Å². The maximum atomic E-state index is 9.31. The number of rotatable bonds is 9. The molecular formula is C28H39Cl2N7O. The number of benzene rings is 1. The van der Waals surface area contributed by atoms with Crippen LogP contribution < -0.4 is 10.2 Å². The van der Waals surface area contributed by atoms with E-state index in [1.54, 1.807) is 18.3 Å². The number of nitrogens with one attached hydrogen (secondary N) is 2. The molecule has 0 saturated carbocycles. The van der Waals surface area contributed by atoms with Crippen molar-refractivity contribution in [2.45, 2.75) is 59.0 Å². The molecule has 0 amide bonds. The summed E-state index contributed by atoms with van der Waals surface area (Å²) in [6.45, 7) is 12.4. The van der Waals surface area contributed by atoms with Crippen molar-refractivity contribution in [3.05, 3.63) is 45.7 Å². The van der Waals surface area contributed by atoms with Gasteiger partial charge in [-0.3, -0.25) is 5.41 Å². The molecule has 3 heterocycles. The van der Waals surface area contributed by atoms with E-state index in [0.717, 1.165) is 44.0 Å². The highest BCUT2D eigenvalue weighted by Crippen LogP contribution is 2.35. The summed E-state index contributed by atoms with van der Waals surface area (Å²) in [7, 11) is 0. The van der Waals surface area contributed by atoms with Crippen molar-refractivity contribution in [1.29, 1.82) is 10.7 Å². The molecule has 2 saturated heterocycles. The van der Waals surface area contributed by atoms with Gasteiger partial charge in [-0.25, -0.2) is 9.97 Å². The summed E-state index contributed by atoms with van der Waals surface area (Å²) in [6, 6.07) is 7.36. The van der Waals surface area contributed by atoms with Crippen LogP contribution in [-0.4, -0.2) is 64.5 Å². The van der Waals surface area contributed by atoms with E-state index in [4.69, 9.17) is 33.6 Å². The normalized spacial score (nSPS) is 19.4. The lowest BCUT2D eigenvalue weighted by Gasteiger charge is -2.48. The largest absolute Gasteiger partial charge is 0.396 e. The first-order valence-corrected chi connectivity index (χ1v) is 14.2. The maximum Gasteiger partial charge on any atom is 0.161 e. The van der Waals surface area contributed by atoms with E-state index in [-0.39, 0.29) is 24.1 Å². The second kappa shape index (κ2) is 14.1. The third-order valence-electron chi connectivity index (χ3n) is 7.45. The van der Waals surface area contributed by atoms with Gasteiger partial charge in [-0.2, -0.15) is 5.26 Å². The van der Waals surface area contributed by atoms with Crippen molar-refractivity contribution in [1.82, 2.24) is 14.9 Å². The Hall–Kier alpha value is -2.44. The first-order chi connectivity index (χ1) is 18.3. The third kappa shape index (κ3) is 7.15. The Bertz CT molecular complexity index is 1130. The summed E-state index contributed by atoms with van der Waals surface area (Å²) in [6.07, 6.45) is 4.90. The fourth-order valence-corrected chi connectivity index (χ4v) is 5.77. The molecule has 1 aromatic carbocycles. The predicted molar refractivity (Wildman–Crippen MR) is 155 cm³/mol. The maximum absolute atomic E-state index is 9.31. The summed E-state index contributed by atoms with van der Waals surface area (Å²) in [5.74, 6) is 2.36. The second-order valence-electron chi connectivity index (χ2n) is 9.87. The number of hydrogen-bond donors (Lipinski definition) is 3. The zero-order valence-corrected chi connectivity index (χ0v) is 24.2. The molecule has 2 aromatic rings. The van der Waals surface area contributed by atoms with Crippen molar-refractivity contribution in [2.24, 2.45) is 11.8 Å². The van der Waals surface area contributed by atoms with Gasteiger partial charge >= 0.3 is 0 Å². The summed E-state index contributed by atoms with van der Waals surface area (Å²) < 4.78 is 0. The van der Waals surface area contributed by atoms with E-state index in [0.29, 0.717) is 33.7 Å². The minimum atomic E-state index is -0.244. The number of halogens is 2. The fraction of sp³-hybridized carbons (Fsp3) is 0.571. The van der Waals surface area contributed by atoms with E-state index in [1.165, 1.54) is 12.8 Å². The van der Waals surface area contributed by atoms with E-state index in [1.807, 2.05) is 32.9 Å². The number of nitrogens with zero attached hydrogens (tertiary/aromatic N) is 5. The van der Waals surface area contributed by atoms with Crippen molar-refractivity contribution in [2.75, 3.05) is 43.0 Å². The first kappa shape index (κ1) is 30.1. The van der Waals surface area contributed by atoms with Crippen LogP contribution in [-0.2, 0) is 0 Å². The van der Waals surface area contributed by atoms with Crippen molar-refractivity contribution in [3.8, 4) is 6.07 Å². The number of anilines is 2. The zero-order valence-electron chi connectivity index (χ0n) is 22.7. The molecule has 8 nitrogen and oxygen atoms in total. The number of aliphatic hydroxyl groups excluding tert-OH is 1. The molecule has 0 spiro atoms. The predicted octanol–water partition coefficient (Wildman–Crippen LogP) is 5.79. The highest BCUT2D eigenvalue weighted by atomic mass is 35.5. The molecule has 2 aliphatic heterocycles. The van der Waals surface area contributed by atoms with Crippen LogP contribution in [0.4, 0.5) is 11.6 Å². The van der Waals surface area contributed by atoms with Crippen LogP contribution in [0.15, 0.2) is 24.4 Å². The highest BCUT2D eigenvalue weighted by Gasteiger charge is 2.37. The van der Waals surface area contributed by atoms with Crippen LogP contribution in [0.5, 0.6) is 0 Å². The van der Waals surface area contributed by atoms with Crippen LogP contribution in [0.1, 0.15) is 64.3 Å². The number of nitriles is 1. The van der Waals surface area contributed by atoms with Crippen LogP contribution >= 0.6 is 23.2 Å². The second-order valence-corrected chi connectivity index (χ2v) is 10.7. The molecule has 10 heteroatoms. The van der Waals surface area contributed by atoms with Gasteiger partial charge in [0.05, 0.1) is 12.2 Å². The molecule has 0 aliphatic carbocycles. The lowest BCUT2D eigenvalue weighted by Crippen LogP contribution is -2.54. The molecular weight excluding hydrogens is 521 g/mol. The average molecular weight is 561 g/mol. The number of aliphatic hydroxyl groups is 1. The molecule has 1 aromatic heterocycles. The first-order valence-electron chi connectivity index (χ1n) is 13.5. The van der Waals surface area contributed by atoms with Gasteiger partial charge in [-0.15, -0.1) is 0 Å². The molecule has 2 aliphatic rings. The van der Waals surface area contributed by atoms with Gasteiger partial charge in [-0.05, 0) is 69.2 Å². The van der Waals surface area contributed by atoms with Gasteiger partial charge in [0.2, 0.25) is 0 Å². The number of aromatic nitrogens is 2. The molecule has 0 bridgehead atoms. The van der Waals surface area contributed by atoms with Crippen LogP contribution in [0.2, 0.25) is 10.0 Å². The Labute approximate surface area is 236 Å². The quantitative estimate of drug-likeness (QED) is 0.333. The molecule has 4 rings (SSSR count). The molecule has 0 radical (unpaired) electrons. The lowest BCUT2D eigenvalue weighted by atomic mass is 9.80. The number of likely N-dealkylation sites (tertiary alicyclic amines) is 1.